The van der Waals surface area contributed by atoms with Crippen LogP contribution in [-0.2, 0) is 9.53 Å². The fourth-order valence-electron chi connectivity index (χ4n) is 1.35. The molecule has 0 bridgehead atoms. The maximum atomic E-state index is 12.0. The van der Waals surface area contributed by atoms with Gasteiger partial charge in [-0.3, -0.25) is 9.59 Å². The minimum atomic E-state index is -0.442. The number of rotatable bonds is 4. The molecule has 0 saturated heterocycles. The Labute approximate surface area is 105 Å². The first-order valence-electron chi connectivity index (χ1n) is 5.20. The Hall–Kier alpha value is -1.55. The van der Waals surface area contributed by atoms with E-state index < -0.39 is 5.97 Å². The molecule has 17 heavy (non-hydrogen) atoms. The Morgan fingerprint density at radius 2 is 2.12 bits per heavy atom. The Morgan fingerprint density at radius 3 is 2.65 bits per heavy atom. The molecular weight excluding hydrogens is 242 g/mol. The summed E-state index contributed by atoms with van der Waals surface area (Å²) < 4.78 is 4.53. The van der Waals surface area contributed by atoms with Crippen LogP contribution in [0.4, 0.5) is 0 Å². The molecule has 1 rings (SSSR count). The molecule has 0 spiro atoms. The van der Waals surface area contributed by atoms with Crippen molar-refractivity contribution in [2.24, 2.45) is 0 Å². The Kier molecular flexibility index (Phi) is 4.97. The van der Waals surface area contributed by atoms with Crippen LogP contribution in [0.25, 0.3) is 0 Å². The molecule has 0 aromatic heterocycles. The third kappa shape index (κ3) is 3.75. The average molecular weight is 256 g/mol. The molecule has 0 aliphatic heterocycles. The molecule has 0 N–H and O–H groups in total. The van der Waals surface area contributed by atoms with Crippen LogP contribution in [0.1, 0.15) is 17.3 Å². The van der Waals surface area contributed by atoms with Gasteiger partial charge in [0.25, 0.3) is 5.91 Å². The third-order valence-corrected chi connectivity index (χ3v) is 2.52. The van der Waals surface area contributed by atoms with Crippen LogP contribution >= 0.6 is 11.6 Å². The molecule has 0 aliphatic rings. The summed E-state index contributed by atoms with van der Waals surface area (Å²) in [5, 5.41) is 0.491. The van der Waals surface area contributed by atoms with Crippen molar-refractivity contribution in [3.63, 3.8) is 0 Å². The van der Waals surface area contributed by atoms with Crippen molar-refractivity contribution < 1.29 is 14.3 Å². The van der Waals surface area contributed by atoms with Crippen molar-refractivity contribution in [2.45, 2.75) is 6.92 Å². The molecule has 0 atom stereocenters. The summed E-state index contributed by atoms with van der Waals surface area (Å²) in [6.07, 6.45) is 0. The number of ether oxygens (including phenoxy) is 1. The zero-order valence-electron chi connectivity index (χ0n) is 9.77. The fraction of sp³-hybridized carbons (Fsp3) is 0.333. The number of esters is 1. The number of likely N-dealkylation sites (N-methyl/N-ethyl adjacent to an activating group) is 1. The number of hydrogen-bond acceptors (Lipinski definition) is 3. The van der Waals surface area contributed by atoms with Crippen LogP contribution in [0.15, 0.2) is 24.3 Å². The number of halogens is 1. The SMILES string of the molecule is CCN(CC(=O)OC)C(=O)c1cccc(Cl)c1. The summed E-state index contributed by atoms with van der Waals surface area (Å²) >= 11 is 5.81. The summed E-state index contributed by atoms with van der Waals surface area (Å²) in [7, 11) is 1.29. The minimum absolute atomic E-state index is 0.0572. The number of hydrogen-bond donors (Lipinski definition) is 0. The van der Waals surface area contributed by atoms with Gasteiger partial charge < -0.3 is 9.64 Å². The lowest BCUT2D eigenvalue weighted by molar-refractivity contribution is -0.141. The van der Waals surface area contributed by atoms with Crippen molar-refractivity contribution in [1.29, 1.82) is 0 Å². The standard InChI is InChI=1S/C12H14ClNO3/c1-3-14(8-11(15)17-2)12(16)9-5-4-6-10(13)7-9/h4-7H,3,8H2,1-2H3. The fourth-order valence-corrected chi connectivity index (χ4v) is 1.54. The van der Waals surface area contributed by atoms with E-state index in [9.17, 15) is 9.59 Å². The van der Waals surface area contributed by atoms with E-state index in [-0.39, 0.29) is 12.5 Å². The minimum Gasteiger partial charge on any atom is -0.468 e. The lowest BCUT2D eigenvalue weighted by Crippen LogP contribution is -2.36. The topological polar surface area (TPSA) is 46.6 Å². The van der Waals surface area contributed by atoms with Crippen LogP contribution in [-0.4, -0.2) is 37.0 Å². The summed E-state index contributed by atoms with van der Waals surface area (Å²) in [5.74, 6) is -0.678. The molecule has 0 radical (unpaired) electrons. The van der Waals surface area contributed by atoms with E-state index in [0.717, 1.165) is 0 Å². The van der Waals surface area contributed by atoms with Gasteiger partial charge in [0.1, 0.15) is 6.54 Å². The zero-order chi connectivity index (χ0) is 12.8. The van der Waals surface area contributed by atoms with E-state index in [2.05, 4.69) is 4.74 Å². The van der Waals surface area contributed by atoms with E-state index in [1.807, 2.05) is 0 Å². The number of nitrogens with zero attached hydrogens (tertiary/aromatic N) is 1. The van der Waals surface area contributed by atoms with Crippen LogP contribution < -0.4 is 0 Å². The molecule has 4 nitrogen and oxygen atoms in total. The van der Waals surface area contributed by atoms with Gasteiger partial charge in [-0.1, -0.05) is 17.7 Å². The summed E-state index contributed by atoms with van der Waals surface area (Å²) in [5.41, 5.74) is 0.461. The number of amides is 1. The predicted molar refractivity (Wildman–Crippen MR) is 65.0 cm³/mol. The van der Waals surface area contributed by atoms with Gasteiger partial charge in [0.05, 0.1) is 7.11 Å². The van der Waals surface area contributed by atoms with E-state index >= 15 is 0 Å². The average Bonchev–Trinajstić information content (AvgIpc) is 2.34. The first-order valence-corrected chi connectivity index (χ1v) is 5.58. The van der Waals surface area contributed by atoms with E-state index in [1.54, 1.807) is 31.2 Å². The Bertz CT molecular complexity index is 420. The Morgan fingerprint density at radius 1 is 1.41 bits per heavy atom. The molecule has 5 heteroatoms. The normalized spacial score (nSPS) is 9.82. The second-order valence-corrected chi connectivity index (χ2v) is 3.84. The van der Waals surface area contributed by atoms with Crippen LogP contribution in [0.5, 0.6) is 0 Å². The Balaban J connectivity index is 2.82. The predicted octanol–water partition coefficient (Wildman–Crippen LogP) is 1.98. The van der Waals surface area contributed by atoms with Crippen molar-refractivity contribution >= 4 is 23.5 Å². The van der Waals surface area contributed by atoms with E-state index in [1.165, 1.54) is 12.0 Å². The zero-order valence-corrected chi connectivity index (χ0v) is 10.5. The lowest BCUT2D eigenvalue weighted by Gasteiger charge is -2.19. The molecule has 0 fully saturated rings. The number of benzene rings is 1. The van der Waals surface area contributed by atoms with Gasteiger partial charge in [-0.15, -0.1) is 0 Å². The van der Waals surface area contributed by atoms with Crippen molar-refractivity contribution in [1.82, 2.24) is 4.90 Å². The number of methoxy groups -OCH3 is 1. The molecule has 1 aromatic carbocycles. The van der Waals surface area contributed by atoms with Crippen molar-refractivity contribution in [2.75, 3.05) is 20.2 Å². The molecule has 1 amide bonds. The highest BCUT2D eigenvalue weighted by Gasteiger charge is 2.17. The maximum absolute atomic E-state index is 12.0. The van der Waals surface area contributed by atoms with Crippen LogP contribution in [0, 0.1) is 0 Å². The van der Waals surface area contributed by atoms with E-state index in [0.29, 0.717) is 17.1 Å². The number of carbonyl (C=O) groups is 2. The second kappa shape index (κ2) is 6.25. The monoisotopic (exact) mass is 255 g/mol. The second-order valence-electron chi connectivity index (χ2n) is 3.41. The lowest BCUT2D eigenvalue weighted by atomic mass is 10.2. The summed E-state index contributed by atoms with van der Waals surface area (Å²) in [4.78, 5) is 24.6. The molecule has 0 heterocycles. The third-order valence-electron chi connectivity index (χ3n) is 2.29. The van der Waals surface area contributed by atoms with Gasteiger partial charge in [0.2, 0.25) is 0 Å². The molecule has 0 saturated carbocycles. The highest BCUT2D eigenvalue weighted by atomic mass is 35.5. The molecular formula is C12H14ClNO3. The van der Waals surface area contributed by atoms with Crippen LogP contribution in [0.2, 0.25) is 5.02 Å². The maximum Gasteiger partial charge on any atom is 0.325 e. The van der Waals surface area contributed by atoms with Gasteiger partial charge in [-0.2, -0.15) is 0 Å². The largest absolute Gasteiger partial charge is 0.468 e. The summed E-state index contributed by atoms with van der Waals surface area (Å²) in [6.45, 7) is 2.17. The molecule has 0 aliphatic carbocycles. The van der Waals surface area contributed by atoms with Gasteiger partial charge in [0, 0.05) is 17.1 Å². The molecule has 0 unspecified atom stereocenters. The van der Waals surface area contributed by atoms with E-state index in [4.69, 9.17) is 11.6 Å². The van der Waals surface area contributed by atoms with Crippen molar-refractivity contribution in [3.05, 3.63) is 34.9 Å². The van der Waals surface area contributed by atoms with Gasteiger partial charge in [-0.05, 0) is 25.1 Å². The van der Waals surface area contributed by atoms with Gasteiger partial charge in [-0.25, -0.2) is 0 Å². The first-order chi connectivity index (χ1) is 8.08. The van der Waals surface area contributed by atoms with Crippen molar-refractivity contribution in [3.8, 4) is 0 Å². The highest BCUT2D eigenvalue weighted by molar-refractivity contribution is 6.30. The quantitative estimate of drug-likeness (QED) is 0.773. The highest BCUT2D eigenvalue weighted by Crippen LogP contribution is 2.12. The first kappa shape index (κ1) is 13.5. The van der Waals surface area contributed by atoms with Gasteiger partial charge >= 0.3 is 5.97 Å². The molecule has 92 valence electrons. The molecule has 1 aromatic rings. The summed E-state index contributed by atoms with van der Waals surface area (Å²) in [6, 6.07) is 6.62. The van der Waals surface area contributed by atoms with Gasteiger partial charge in [0.15, 0.2) is 0 Å². The number of carbonyl (C=O) groups excluding carboxylic acids is 2. The van der Waals surface area contributed by atoms with Crippen LogP contribution in [0.3, 0.4) is 0 Å². The smallest absolute Gasteiger partial charge is 0.325 e.